The molecular formula is C15H18F4O3. The fraction of sp³-hybridized carbons (Fsp3) is 0.600. The quantitative estimate of drug-likeness (QED) is 0.838. The number of aliphatic hydroxyl groups is 2. The highest BCUT2D eigenvalue weighted by Gasteiger charge is 2.56. The number of halogens is 4. The van der Waals surface area contributed by atoms with Gasteiger partial charge in [-0.05, 0) is 24.0 Å². The van der Waals surface area contributed by atoms with Crippen LogP contribution >= 0.6 is 0 Å². The van der Waals surface area contributed by atoms with Gasteiger partial charge in [0.25, 0.3) is 0 Å². The summed E-state index contributed by atoms with van der Waals surface area (Å²) >= 11 is 0. The maximum atomic E-state index is 13.7. The summed E-state index contributed by atoms with van der Waals surface area (Å²) in [6, 6.07) is 2.42. The highest BCUT2D eigenvalue weighted by Crippen LogP contribution is 2.45. The summed E-state index contributed by atoms with van der Waals surface area (Å²) in [6.07, 6.45) is -5.31. The fourth-order valence-electron chi connectivity index (χ4n) is 2.84. The predicted molar refractivity (Wildman–Crippen MR) is 71.3 cm³/mol. The number of aliphatic hydroxyl groups excluding tert-OH is 1. The molecule has 0 bridgehead atoms. The molecule has 1 aromatic carbocycles. The van der Waals surface area contributed by atoms with Gasteiger partial charge in [0.05, 0.1) is 13.2 Å². The molecule has 0 amide bonds. The number of alkyl halides is 3. The van der Waals surface area contributed by atoms with E-state index in [0.29, 0.717) is 24.3 Å². The van der Waals surface area contributed by atoms with Crippen LogP contribution in [0.4, 0.5) is 17.6 Å². The molecular weight excluding hydrogens is 304 g/mol. The van der Waals surface area contributed by atoms with Crippen LogP contribution in [0.15, 0.2) is 12.1 Å². The number of hydrogen-bond donors (Lipinski definition) is 2. The number of fused-ring (bicyclic) bond motifs is 1. The number of benzene rings is 1. The highest BCUT2D eigenvalue weighted by molar-refractivity contribution is 5.48. The van der Waals surface area contributed by atoms with Crippen molar-refractivity contribution in [3.63, 3.8) is 0 Å². The maximum absolute atomic E-state index is 13.7. The molecule has 1 aliphatic heterocycles. The Labute approximate surface area is 125 Å². The first kappa shape index (κ1) is 17.0. The van der Waals surface area contributed by atoms with E-state index in [2.05, 4.69) is 0 Å². The SMILES string of the molecule is CC(C)(C[C@@](O)(CO)C(F)(F)F)c1cc(F)cc2c1OCC2. The summed E-state index contributed by atoms with van der Waals surface area (Å²) in [4.78, 5) is 0. The minimum atomic E-state index is -4.99. The Bertz CT molecular complexity index is 569. The van der Waals surface area contributed by atoms with Gasteiger partial charge < -0.3 is 14.9 Å². The van der Waals surface area contributed by atoms with Crippen LogP contribution in [-0.2, 0) is 11.8 Å². The third kappa shape index (κ3) is 2.92. The largest absolute Gasteiger partial charge is 0.493 e. The molecule has 7 heteroatoms. The van der Waals surface area contributed by atoms with Crippen LogP contribution in [0.1, 0.15) is 31.4 Å². The lowest BCUT2D eigenvalue weighted by atomic mass is 9.74. The van der Waals surface area contributed by atoms with Gasteiger partial charge in [0.15, 0.2) is 5.60 Å². The van der Waals surface area contributed by atoms with Crippen molar-refractivity contribution >= 4 is 0 Å². The average molecular weight is 322 g/mol. The molecule has 3 nitrogen and oxygen atoms in total. The van der Waals surface area contributed by atoms with Crippen LogP contribution in [0, 0.1) is 5.82 Å². The minimum absolute atomic E-state index is 0.260. The second kappa shape index (κ2) is 5.38. The molecule has 0 spiro atoms. The topological polar surface area (TPSA) is 49.7 Å². The van der Waals surface area contributed by atoms with Crippen molar-refractivity contribution in [2.24, 2.45) is 0 Å². The van der Waals surface area contributed by atoms with Crippen LogP contribution < -0.4 is 4.74 Å². The Morgan fingerprint density at radius 3 is 2.41 bits per heavy atom. The van der Waals surface area contributed by atoms with Crippen molar-refractivity contribution in [1.82, 2.24) is 0 Å². The van der Waals surface area contributed by atoms with Crippen LogP contribution in [0.5, 0.6) is 5.75 Å². The second-order valence-corrected chi connectivity index (χ2v) is 6.29. The molecule has 1 atom stereocenters. The molecule has 1 heterocycles. The van der Waals surface area contributed by atoms with Crippen molar-refractivity contribution in [3.05, 3.63) is 29.1 Å². The van der Waals surface area contributed by atoms with Crippen molar-refractivity contribution in [1.29, 1.82) is 0 Å². The molecule has 22 heavy (non-hydrogen) atoms. The molecule has 124 valence electrons. The molecule has 0 radical (unpaired) electrons. The summed E-state index contributed by atoms with van der Waals surface area (Å²) in [6.45, 7) is 1.79. The first-order valence-electron chi connectivity index (χ1n) is 6.86. The van der Waals surface area contributed by atoms with Gasteiger partial charge in [-0.3, -0.25) is 0 Å². The Hall–Kier alpha value is -1.34. The van der Waals surface area contributed by atoms with E-state index in [1.54, 1.807) is 0 Å². The molecule has 0 aliphatic carbocycles. The van der Waals surface area contributed by atoms with Gasteiger partial charge in [-0.15, -0.1) is 0 Å². The Balaban J connectivity index is 2.43. The molecule has 0 saturated heterocycles. The predicted octanol–water partition coefficient (Wildman–Crippen LogP) is 2.71. The van der Waals surface area contributed by atoms with Crippen molar-refractivity contribution in [3.8, 4) is 5.75 Å². The van der Waals surface area contributed by atoms with E-state index < -0.39 is 36.0 Å². The molecule has 2 N–H and O–H groups in total. The van der Waals surface area contributed by atoms with Gasteiger partial charge >= 0.3 is 6.18 Å². The summed E-state index contributed by atoms with van der Waals surface area (Å²) in [5.74, 6) is -0.194. The van der Waals surface area contributed by atoms with Gasteiger partial charge in [0.2, 0.25) is 0 Å². The van der Waals surface area contributed by atoms with E-state index in [9.17, 15) is 22.7 Å². The minimum Gasteiger partial charge on any atom is -0.493 e. The third-order valence-electron chi connectivity index (χ3n) is 4.00. The van der Waals surface area contributed by atoms with Gasteiger partial charge in [0, 0.05) is 17.5 Å². The van der Waals surface area contributed by atoms with Gasteiger partial charge in [-0.2, -0.15) is 13.2 Å². The van der Waals surface area contributed by atoms with Crippen molar-refractivity contribution in [2.45, 2.75) is 43.9 Å². The summed E-state index contributed by atoms with van der Waals surface area (Å²) in [5, 5.41) is 18.8. The Kier molecular flexibility index (Phi) is 4.16. The highest BCUT2D eigenvalue weighted by atomic mass is 19.4. The Morgan fingerprint density at radius 2 is 1.86 bits per heavy atom. The molecule has 1 aromatic rings. The maximum Gasteiger partial charge on any atom is 0.419 e. The lowest BCUT2D eigenvalue weighted by Crippen LogP contribution is -2.52. The van der Waals surface area contributed by atoms with Gasteiger partial charge in [-0.1, -0.05) is 13.8 Å². The van der Waals surface area contributed by atoms with E-state index >= 15 is 0 Å². The standard InChI is InChI=1S/C15H18F4O3/c1-13(2,7-14(21,8-20)15(17,18)19)11-6-10(16)5-9-3-4-22-12(9)11/h5-6,20-21H,3-4,7-8H2,1-2H3/t14-/m1/s1. The van der Waals surface area contributed by atoms with E-state index in [-0.39, 0.29) is 5.56 Å². The number of rotatable bonds is 4. The molecule has 0 unspecified atom stereocenters. The zero-order valence-corrected chi connectivity index (χ0v) is 12.3. The lowest BCUT2D eigenvalue weighted by Gasteiger charge is -2.37. The molecule has 2 rings (SSSR count). The van der Waals surface area contributed by atoms with Gasteiger partial charge in [0.1, 0.15) is 11.6 Å². The monoisotopic (exact) mass is 322 g/mol. The van der Waals surface area contributed by atoms with E-state index in [4.69, 9.17) is 9.84 Å². The first-order valence-corrected chi connectivity index (χ1v) is 6.86. The number of ether oxygens (including phenoxy) is 1. The van der Waals surface area contributed by atoms with Crippen LogP contribution in [0.2, 0.25) is 0 Å². The second-order valence-electron chi connectivity index (χ2n) is 6.29. The Morgan fingerprint density at radius 1 is 1.23 bits per heavy atom. The molecule has 0 fully saturated rings. The normalized spacial score (nSPS) is 17.8. The zero-order chi connectivity index (χ0) is 16.8. The van der Waals surface area contributed by atoms with Gasteiger partial charge in [-0.25, -0.2) is 4.39 Å². The van der Waals surface area contributed by atoms with Crippen LogP contribution in [-0.4, -0.2) is 35.2 Å². The lowest BCUT2D eigenvalue weighted by molar-refractivity contribution is -0.277. The van der Waals surface area contributed by atoms with E-state index in [1.807, 2.05) is 0 Å². The third-order valence-corrected chi connectivity index (χ3v) is 4.00. The molecule has 1 aliphatic rings. The van der Waals surface area contributed by atoms with Crippen LogP contribution in [0.3, 0.4) is 0 Å². The molecule has 0 aromatic heterocycles. The smallest absolute Gasteiger partial charge is 0.419 e. The average Bonchev–Trinajstić information content (AvgIpc) is 2.83. The summed E-state index contributed by atoms with van der Waals surface area (Å²) < 4.78 is 58.1. The summed E-state index contributed by atoms with van der Waals surface area (Å²) in [5.41, 5.74) is -3.64. The van der Waals surface area contributed by atoms with Crippen LogP contribution in [0.25, 0.3) is 0 Å². The molecule has 0 saturated carbocycles. The fourth-order valence-corrected chi connectivity index (χ4v) is 2.84. The van der Waals surface area contributed by atoms with Crippen molar-refractivity contribution in [2.75, 3.05) is 13.2 Å². The first-order chi connectivity index (χ1) is 10.00. The van der Waals surface area contributed by atoms with Crippen molar-refractivity contribution < 1.29 is 32.5 Å². The van der Waals surface area contributed by atoms with E-state index in [1.165, 1.54) is 19.9 Å². The summed E-state index contributed by atoms with van der Waals surface area (Å²) in [7, 11) is 0. The zero-order valence-electron chi connectivity index (χ0n) is 12.3. The number of hydrogen-bond acceptors (Lipinski definition) is 3. The van der Waals surface area contributed by atoms with E-state index in [0.717, 1.165) is 6.07 Å².